The van der Waals surface area contributed by atoms with Gasteiger partial charge in [0.15, 0.2) is 5.88 Å². The van der Waals surface area contributed by atoms with Crippen molar-refractivity contribution in [3.63, 3.8) is 0 Å². The van der Waals surface area contributed by atoms with Gasteiger partial charge in [-0.05, 0) is 18.6 Å². The average molecular weight is 245 g/mol. The fourth-order valence-corrected chi connectivity index (χ4v) is 1.64. The van der Waals surface area contributed by atoms with Gasteiger partial charge in [-0.25, -0.2) is 0 Å². The van der Waals surface area contributed by atoms with E-state index in [1.165, 1.54) is 19.3 Å². The zero-order valence-electron chi connectivity index (χ0n) is 11.2. The van der Waals surface area contributed by atoms with Gasteiger partial charge in [-0.2, -0.15) is 0 Å². The fourth-order valence-electron chi connectivity index (χ4n) is 1.64. The van der Waals surface area contributed by atoms with Crippen molar-refractivity contribution in [1.29, 1.82) is 0 Å². The minimum Gasteiger partial charge on any atom is -0.479 e. The largest absolute Gasteiger partial charge is 0.479 e. The molecule has 1 N–H and O–H groups in total. The topological polar surface area (TPSA) is 21.3 Å². The molecule has 0 aromatic heterocycles. The highest BCUT2D eigenvalue weighted by molar-refractivity contribution is 5.62. The van der Waals surface area contributed by atoms with Crippen molar-refractivity contribution in [3.05, 3.63) is 54.9 Å². The molecule has 0 spiro atoms. The maximum absolute atomic E-state index is 5.51. The van der Waals surface area contributed by atoms with E-state index in [0.717, 1.165) is 17.7 Å². The third-order valence-corrected chi connectivity index (χ3v) is 2.69. The first kappa shape index (κ1) is 14.4. The van der Waals surface area contributed by atoms with Crippen LogP contribution in [-0.4, -0.2) is 6.61 Å². The lowest BCUT2D eigenvalue weighted by Crippen LogP contribution is -2.13. The number of hydrogen-bond acceptors (Lipinski definition) is 2. The molecule has 0 unspecified atom stereocenters. The molecule has 0 radical (unpaired) electrons. The van der Waals surface area contributed by atoms with E-state index in [1.807, 2.05) is 30.3 Å². The zero-order chi connectivity index (χ0) is 13.2. The van der Waals surface area contributed by atoms with E-state index in [-0.39, 0.29) is 0 Å². The van der Waals surface area contributed by atoms with Crippen molar-refractivity contribution in [2.24, 2.45) is 0 Å². The first-order chi connectivity index (χ1) is 8.74. The number of unbranched alkanes of at least 4 members (excludes halogenated alkanes) is 3. The third kappa shape index (κ3) is 5.58. The molecule has 1 rings (SSSR count). The van der Waals surface area contributed by atoms with E-state index in [2.05, 4.69) is 25.4 Å². The van der Waals surface area contributed by atoms with Crippen molar-refractivity contribution in [2.45, 2.75) is 32.6 Å². The second-order valence-electron chi connectivity index (χ2n) is 4.30. The van der Waals surface area contributed by atoms with E-state index in [1.54, 1.807) is 0 Å². The average Bonchev–Trinajstić information content (AvgIpc) is 2.39. The number of ether oxygens (including phenoxy) is 1. The van der Waals surface area contributed by atoms with Gasteiger partial charge in [-0.3, -0.25) is 0 Å². The maximum Gasteiger partial charge on any atom is 0.183 e. The van der Waals surface area contributed by atoms with Gasteiger partial charge in [0.2, 0.25) is 0 Å². The molecule has 0 aliphatic rings. The summed E-state index contributed by atoms with van der Waals surface area (Å²) >= 11 is 0. The molecule has 1 aromatic rings. The Bertz CT molecular complexity index is 370. The third-order valence-electron chi connectivity index (χ3n) is 2.69. The molecule has 98 valence electrons. The van der Waals surface area contributed by atoms with Gasteiger partial charge < -0.3 is 10.1 Å². The first-order valence-electron chi connectivity index (χ1n) is 6.57. The van der Waals surface area contributed by atoms with Crippen LogP contribution in [0.2, 0.25) is 0 Å². The monoisotopic (exact) mass is 245 g/mol. The van der Waals surface area contributed by atoms with Gasteiger partial charge in [-0.15, -0.1) is 0 Å². The molecule has 2 nitrogen and oxygen atoms in total. The Hall–Kier alpha value is -1.70. The molecule has 2 heteroatoms. The summed E-state index contributed by atoms with van der Waals surface area (Å²) in [6.45, 7) is 10.7. The van der Waals surface area contributed by atoms with E-state index >= 15 is 0 Å². The number of benzene rings is 1. The van der Waals surface area contributed by atoms with Crippen LogP contribution >= 0.6 is 0 Å². The minimum absolute atomic E-state index is 0.570. The summed E-state index contributed by atoms with van der Waals surface area (Å²) in [6, 6.07) is 9.96. The molecule has 0 heterocycles. The molecule has 0 bridgehead atoms. The highest BCUT2D eigenvalue weighted by Crippen LogP contribution is 2.10. The molecule has 18 heavy (non-hydrogen) atoms. The van der Waals surface area contributed by atoms with Crippen LogP contribution in [-0.2, 0) is 4.74 Å². The van der Waals surface area contributed by atoms with Crippen LogP contribution in [0, 0.1) is 0 Å². The molecular formula is C16H23NO. The Morgan fingerprint density at radius 1 is 1.11 bits per heavy atom. The minimum atomic E-state index is 0.570. The summed E-state index contributed by atoms with van der Waals surface area (Å²) in [6.07, 6.45) is 4.79. The van der Waals surface area contributed by atoms with Crippen LogP contribution in [0.3, 0.4) is 0 Å². The maximum atomic E-state index is 5.51. The van der Waals surface area contributed by atoms with E-state index in [9.17, 15) is 0 Å². The Balaban J connectivity index is 2.22. The van der Waals surface area contributed by atoms with Crippen LogP contribution < -0.4 is 5.32 Å². The molecule has 1 aromatic carbocycles. The highest BCUT2D eigenvalue weighted by Gasteiger charge is 2.00. The van der Waals surface area contributed by atoms with Crippen molar-refractivity contribution in [2.75, 3.05) is 6.61 Å². The molecule has 0 atom stereocenters. The summed E-state index contributed by atoms with van der Waals surface area (Å²) in [5.41, 5.74) is 1.86. The van der Waals surface area contributed by atoms with Crippen molar-refractivity contribution in [1.82, 2.24) is 5.32 Å². The quantitative estimate of drug-likeness (QED) is 0.517. The molecule has 0 saturated heterocycles. The van der Waals surface area contributed by atoms with Gasteiger partial charge in [0.05, 0.1) is 6.61 Å². The van der Waals surface area contributed by atoms with Gasteiger partial charge in [0.25, 0.3) is 0 Å². The Kier molecular flexibility index (Phi) is 6.70. The lowest BCUT2D eigenvalue weighted by Gasteiger charge is -2.13. The first-order valence-corrected chi connectivity index (χ1v) is 6.57. The summed E-state index contributed by atoms with van der Waals surface area (Å²) in [5.74, 6) is 0.570. The smallest absolute Gasteiger partial charge is 0.183 e. The van der Waals surface area contributed by atoms with Crippen molar-refractivity contribution >= 4 is 5.70 Å². The molecule has 0 aliphatic heterocycles. The SMILES string of the molecule is C=C(NC(=C)c1ccccc1)OCCCCCC. The van der Waals surface area contributed by atoms with Crippen LogP contribution in [0.15, 0.2) is 49.4 Å². The summed E-state index contributed by atoms with van der Waals surface area (Å²) in [4.78, 5) is 0. The normalized spacial score (nSPS) is 9.83. The fraction of sp³-hybridized carbons (Fsp3) is 0.375. The summed E-state index contributed by atoms with van der Waals surface area (Å²) in [7, 11) is 0. The predicted octanol–water partition coefficient (Wildman–Crippen LogP) is 4.32. The Morgan fingerprint density at radius 2 is 1.83 bits per heavy atom. The van der Waals surface area contributed by atoms with E-state index in [4.69, 9.17) is 4.74 Å². The van der Waals surface area contributed by atoms with Gasteiger partial charge in [0, 0.05) is 5.70 Å². The van der Waals surface area contributed by atoms with Gasteiger partial charge >= 0.3 is 0 Å². The second kappa shape index (κ2) is 8.40. The summed E-state index contributed by atoms with van der Waals surface area (Å²) in [5, 5.41) is 3.08. The molecule has 0 saturated carbocycles. The van der Waals surface area contributed by atoms with Gasteiger partial charge in [0.1, 0.15) is 0 Å². The molecule has 0 aliphatic carbocycles. The second-order valence-corrected chi connectivity index (χ2v) is 4.30. The van der Waals surface area contributed by atoms with Crippen LogP contribution in [0.1, 0.15) is 38.2 Å². The number of hydrogen-bond donors (Lipinski definition) is 1. The van der Waals surface area contributed by atoms with Gasteiger partial charge in [-0.1, -0.05) is 63.1 Å². The predicted molar refractivity (Wildman–Crippen MR) is 77.8 cm³/mol. The van der Waals surface area contributed by atoms with E-state index in [0.29, 0.717) is 12.5 Å². The van der Waals surface area contributed by atoms with Crippen LogP contribution in [0.25, 0.3) is 5.70 Å². The number of nitrogens with one attached hydrogen (secondary N) is 1. The molecule has 0 fully saturated rings. The van der Waals surface area contributed by atoms with E-state index < -0.39 is 0 Å². The highest BCUT2D eigenvalue weighted by atomic mass is 16.5. The Morgan fingerprint density at radius 3 is 2.50 bits per heavy atom. The lowest BCUT2D eigenvalue weighted by atomic mass is 10.2. The van der Waals surface area contributed by atoms with Crippen LogP contribution in [0.5, 0.6) is 0 Å². The molecular weight excluding hydrogens is 222 g/mol. The van der Waals surface area contributed by atoms with Crippen LogP contribution in [0.4, 0.5) is 0 Å². The number of rotatable bonds is 9. The summed E-state index contributed by atoms with van der Waals surface area (Å²) < 4.78 is 5.51. The van der Waals surface area contributed by atoms with Crippen molar-refractivity contribution < 1.29 is 4.74 Å². The molecule has 0 amide bonds. The van der Waals surface area contributed by atoms with Crippen molar-refractivity contribution in [3.8, 4) is 0 Å². The zero-order valence-corrected chi connectivity index (χ0v) is 11.2. The Labute approximate surface area is 110 Å². The lowest BCUT2D eigenvalue weighted by molar-refractivity contribution is 0.194. The standard InChI is InChI=1S/C16H23NO/c1-4-5-6-10-13-18-15(3)17-14(2)16-11-8-7-9-12-16/h7-9,11-12,17H,2-6,10,13H2,1H3.